The minimum absolute atomic E-state index is 0.368. The lowest BCUT2D eigenvalue weighted by atomic mass is 9.81. The van der Waals surface area contributed by atoms with Gasteiger partial charge in [0.2, 0.25) is 0 Å². The number of pyridine rings is 5. The van der Waals surface area contributed by atoms with Crippen molar-refractivity contribution in [2.24, 2.45) is 5.92 Å². The fourth-order valence-corrected chi connectivity index (χ4v) is 9.51. The smallest absolute Gasteiger partial charge is 0.0973 e. The van der Waals surface area contributed by atoms with Gasteiger partial charge in [-0.3, -0.25) is 0 Å². The van der Waals surface area contributed by atoms with Gasteiger partial charge >= 0.3 is 0 Å². The van der Waals surface area contributed by atoms with Gasteiger partial charge in [-0.05, 0) is 83.9 Å². The van der Waals surface area contributed by atoms with Crippen LogP contribution in [0.5, 0.6) is 0 Å². The molecular formula is C58H41N5. The van der Waals surface area contributed by atoms with Crippen molar-refractivity contribution in [3.63, 3.8) is 0 Å². The average molecular weight is 808 g/mol. The highest BCUT2D eigenvalue weighted by atomic mass is 14.8. The average Bonchev–Trinajstić information content (AvgIpc) is 3.55. The first-order valence-corrected chi connectivity index (χ1v) is 21.9. The fraction of sp³-hybridized carbons (Fsp3) is 0.0862. The van der Waals surface area contributed by atoms with Crippen LogP contribution in [0.15, 0.2) is 199 Å². The van der Waals surface area contributed by atoms with Gasteiger partial charge in [0.25, 0.3) is 0 Å². The normalized spacial score (nSPS) is 15.2. The third-order valence-electron chi connectivity index (χ3n) is 12.9. The molecule has 12 rings (SSSR count). The van der Waals surface area contributed by atoms with Crippen LogP contribution in [0.3, 0.4) is 0 Å². The highest BCUT2D eigenvalue weighted by Gasteiger charge is 2.24. The van der Waals surface area contributed by atoms with Crippen LogP contribution >= 0.6 is 0 Å². The van der Waals surface area contributed by atoms with E-state index in [1.807, 2.05) is 24.3 Å². The molecule has 1 unspecified atom stereocenters. The highest BCUT2D eigenvalue weighted by molar-refractivity contribution is 6.05. The van der Waals surface area contributed by atoms with E-state index in [1.54, 1.807) is 0 Å². The van der Waals surface area contributed by atoms with Gasteiger partial charge in [0.05, 0.1) is 56.1 Å². The Balaban J connectivity index is 0.846. The Morgan fingerprint density at radius 1 is 0.413 bits per heavy atom. The zero-order chi connectivity index (χ0) is 41.9. The lowest BCUT2D eigenvalue weighted by Crippen LogP contribution is -2.08. The molecule has 298 valence electrons. The van der Waals surface area contributed by atoms with E-state index in [4.69, 9.17) is 24.9 Å². The van der Waals surface area contributed by atoms with Crippen molar-refractivity contribution in [3.05, 3.63) is 210 Å². The van der Waals surface area contributed by atoms with Crippen molar-refractivity contribution in [3.8, 4) is 33.9 Å². The molecule has 0 N–H and O–H groups in total. The first-order valence-electron chi connectivity index (χ1n) is 21.9. The molecule has 5 heterocycles. The summed E-state index contributed by atoms with van der Waals surface area (Å²) in [5, 5.41) is 5.42. The van der Waals surface area contributed by atoms with Gasteiger partial charge in [-0.15, -0.1) is 0 Å². The van der Waals surface area contributed by atoms with E-state index in [0.717, 1.165) is 113 Å². The number of hydrogen-bond donors (Lipinski definition) is 0. The number of hydrogen-bond acceptors (Lipinski definition) is 5. The molecule has 1 atom stereocenters. The van der Waals surface area contributed by atoms with Crippen molar-refractivity contribution in [1.82, 2.24) is 24.9 Å². The highest BCUT2D eigenvalue weighted by Crippen LogP contribution is 2.42. The van der Waals surface area contributed by atoms with Crippen molar-refractivity contribution in [1.29, 1.82) is 0 Å². The number of fused-ring (bicyclic) bond motifs is 8. The maximum Gasteiger partial charge on any atom is 0.0973 e. The topological polar surface area (TPSA) is 64.5 Å². The second-order valence-corrected chi connectivity index (χ2v) is 16.7. The molecule has 5 aromatic heterocycles. The van der Waals surface area contributed by atoms with E-state index >= 15 is 0 Å². The van der Waals surface area contributed by atoms with Gasteiger partial charge in [0.15, 0.2) is 0 Å². The van der Waals surface area contributed by atoms with Gasteiger partial charge in [-0.25, -0.2) is 24.9 Å². The van der Waals surface area contributed by atoms with E-state index in [9.17, 15) is 0 Å². The van der Waals surface area contributed by atoms with Gasteiger partial charge in [-0.2, -0.15) is 0 Å². The summed E-state index contributed by atoms with van der Waals surface area (Å²) in [4.78, 5) is 26.1. The van der Waals surface area contributed by atoms with Crippen LogP contribution in [0, 0.1) is 5.92 Å². The Bertz CT molecular complexity index is 3600. The van der Waals surface area contributed by atoms with Crippen molar-refractivity contribution in [2.75, 3.05) is 0 Å². The SMILES string of the molecule is CCC1=C(c2ccc3ccc4ccc(-c5ccccc5)nc4c3n2)C=CC2=CC=C(c3ccc4ccc(-c5ccc6ccc7ccc(-c8ccccc8)nc7c6n5)nc4c3)CC2C1. The Kier molecular flexibility index (Phi) is 8.92. The summed E-state index contributed by atoms with van der Waals surface area (Å²) in [6.07, 6.45) is 12.1. The molecule has 63 heavy (non-hydrogen) atoms. The zero-order valence-electron chi connectivity index (χ0n) is 34.8. The lowest BCUT2D eigenvalue weighted by molar-refractivity contribution is 0.625. The predicted molar refractivity (Wildman–Crippen MR) is 261 cm³/mol. The molecule has 2 aliphatic rings. The van der Waals surface area contributed by atoms with Crippen LogP contribution in [0.4, 0.5) is 0 Å². The second-order valence-electron chi connectivity index (χ2n) is 16.7. The molecule has 5 aromatic carbocycles. The van der Waals surface area contributed by atoms with Crippen LogP contribution in [-0.2, 0) is 0 Å². The van der Waals surface area contributed by atoms with E-state index in [2.05, 4.69) is 171 Å². The molecule has 0 fully saturated rings. The van der Waals surface area contributed by atoms with Gasteiger partial charge in [0.1, 0.15) is 0 Å². The van der Waals surface area contributed by atoms with Crippen LogP contribution in [0.2, 0.25) is 0 Å². The minimum Gasteiger partial charge on any atom is -0.246 e. The molecule has 0 radical (unpaired) electrons. The van der Waals surface area contributed by atoms with Gasteiger partial charge < -0.3 is 0 Å². The predicted octanol–water partition coefficient (Wildman–Crippen LogP) is 14.6. The summed E-state index contributed by atoms with van der Waals surface area (Å²) < 4.78 is 0. The number of aromatic nitrogens is 5. The molecule has 0 bridgehead atoms. The zero-order valence-corrected chi connectivity index (χ0v) is 34.8. The van der Waals surface area contributed by atoms with Crippen molar-refractivity contribution in [2.45, 2.75) is 26.2 Å². The maximum atomic E-state index is 5.36. The minimum atomic E-state index is 0.368. The van der Waals surface area contributed by atoms with Crippen LogP contribution in [0.1, 0.15) is 37.4 Å². The second kappa shape index (κ2) is 15.2. The first kappa shape index (κ1) is 36.9. The summed E-state index contributed by atoms with van der Waals surface area (Å²) >= 11 is 0. The number of rotatable bonds is 6. The Hall–Kier alpha value is -7.89. The third kappa shape index (κ3) is 6.70. The van der Waals surface area contributed by atoms with Crippen LogP contribution < -0.4 is 0 Å². The monoisotopic (exact) mass is 807 g/mol. The molecule has 5 nitrogen and oxygen atoms in total. The number of nitrogens with zero attached hydrogens (tertiary/aromatic N) is 5. The molecule has 0 aliphatic heterocycles. The molecule has 0 saturated heterocycles. The van der Waals surface area contributed by atoms with E-state index in [1.165, 1.54) is 27.9 Å². The molecule has 10 aromatic rings. The Morgan fingerprint density at radius 3 is 1.48 bits per heavy atom. The molecule has 0 spiro atoms. The summed E-state index contributed by atoms with van der Waals surface area (Å²) in [5.74, 6) is 0.368. The van der Waals surface area contributed by atoms with Crippen molar-refractivity contribution >= 4 is 65.7 Å². The summed E-state index contributed by atoms with van der Waals surface area (Å²) in [6, 6.07) is 57.3. The van der Waals surface area contributed by atoms with E-state index < -0.39 is 0 Å². The molecular weight excluding hydrogens is 767 g/mol. The standard InChI is InChI=1S/C58H41N5/c1-2-36-33-47-34-45(19-13-37(47)21-27-48(36)51-30-25-43-17-15-41-23-28-49(38-9-5-3-6-10-38)60-55(41)57(43)62-51)46-20-14-40-22-31-52(59-54(40)35-46)53-32-26-44-18-16-42-24-29-50(39-11-7-4-8-12-39)61-56(42)58(44)63-53/h3-32,35,47H,2,33-34H2,1H3. The fourth-order valence-electron chi connectivity index (χ4n) is 9.51. The van der Waals surface area contributed by atoms with E-state index in [0.29, 0.717) is 5.92 Å². The summed E-state index contributed by atoms with van der Waals surface area (Å²) in [7, 11) is 0. The van der Waals surface area contributed by atoms with E-state index in [-0.39, 0.29) is 0 Å². The first-order chi connectivity index (χ1) is 31.1. The summed E-state index contributed by atoms with van der Waals surface area (Å²) in [5.41, 5.74) is 17.9. The van der Waals surface area contributed by atoms with Crippen LogP contribution in [-0.4, -0.2) is 24.9 Å². The molecule has 5 heteroatoms. The van der Waals surface area contributed by atoms with Crippen molar-refractivity contribution < 1.29 is 0 Å². The Labute approximate surface area is 365 Å². The summed E-state index contributed by atoms with van der Waals surface area (Å²) in [6.45, 7) is 2.28. The quantitative estimate of drug-likeness (QED) is 0.157. The Morgan fingerprint density at radius 2 is 0.889 bits per heavy atom. The lowest BCUT2D eigenvalue weighted by Gasteiger charge is -2.24. The third-order valence-corrected chi connectivity index (χ3v) is 12.9. The molecule has 0 saturated carbocycles. The number of benzene rings is 5. The number of allylic oxidation sites excluding steroid dienone is 8. The van der Waals surface area contributed by atoms with Gasteiger partial charge in [0, 0.05) is 38.1 Å². The molecule has 0 amide bonds. The maximum absolute atomic E-state index is 5.36. The van der Waals surface area contributed by atoms with Crippen LogP contribution in [0.25, 0.3) is 99.6 Å². The van der Waals surface area contributed by atoms with Gasteiger partial charge in [-0.1, -0.05) is 164 Å². The molecule has 2 aliphatic carbocycles. The largest absolute Gasteiger partial charge is 0.246 e.